The van der Waals surface area contributed by atoms with Crippen molar-refractivity contribution in [3.8, 4) is 0 Å². The number of carbonyl (C=O) groups is 2. The first-order valence-electron chi connectivity index (χ1n) is 12.5. The van der Waals surface area contributed by atoms with Crippen LogP contribution in [-0.2, 0) is 9.59 Å². The molecule has 0 aromatic carbocycles. The first-order valence-corrected chi connectivity index (χ1v) is 12.5. The Balaban J connectivity index is 1.39. The van der Waals surface area contributed by atoms with E-state index in [4.69, 9.17) is 0 Å². The third kappa shape index (κ3) is 2.97. The summed E-state index contributed by atoms with van der Waals surface area (Å²) in [6, 6.07) is 0.207. The Kier molecular flexibility index (Phi) is 5.00. The predicted octanol–water partition coefficient (Wildman–Crippen LogP) is 3.35. The van der Waals surface area contributed by atoms with Crippen LogP contribution < -0.4 is 5.32 Å². The lowest BCUT2D eigenvalue weighted by molar-refractivity contribution is -0.159. The molecule has 5 heteroatoms. The van der Waals surface area contributed by atoms with Gasteiger partial charge in [-0.3, -0.25) is 9.59 Å². The lowest BCUT2D eigenvalue weighted by Gasteiger charge is -2.60. The summed E-state index contributed by atoms with van der Waals surface area (Å²) in [4.78, 5) is 27.1. The van der Waals surface area contributed by atoms with Gasteiger partial charge >= 0.3 is 0 Å². The van der Waals surface area contributed by atoms with Crippen molar-refractivity contribution in [2.75, 3.05) is 13.6 Å². The fourth-order valence-electron chi connectivity index (χ4n) is 8.48. The summed E-state index contributed by atoms with van der Waals surface area (Å²) in [5.74, 6) is 2.53. The van der Waals surface area contributed by atoms with E-state index >= 15 is 0 Å². The van der Waals surface area contributed by atoms with Crippen molar-refractivity contribution in [2.24, 2.45) is 40.4 Å². The van der Waals surface area contributed by atoms with Gasteiger partial charge in [0.15, 0.2) is 0 Å². The van der Waals surface area contributed by atoms with Crippen LogP contribution in [0, 0.1) is 40.4 Å². The van der Waals surface area contributed by atoms with Gasteiger partial charge in [-0.15, -0.1) is 0 Å². The number of fused-ring (bicyclic) bond motifs is 5. The van der Waals surface area contributed by atoms with E-state index in [2.05, 4.69) is 19.2 Å². The SMILES string of the molecule is CN1CC[C@@]2(C)C(CCC3C2[C@@H](O)C[C@@]2(C)C3CC[C@@H]2NC(=O)C2CCC2)CC1=O. The van der Waals surface area contributed by atoms with Crippen LogP contribution in [-0.4, -0.2) is 47.6 Å². The Hall–Kier alpha value is -1.10. The van der Waals surface area contributed by atoms with Gasteiger partial charge in [-0.1, -0.05) is 20.3 Å². The Morgan fingerprint density at radius 2 is 1.87 bits per heavy atom. The van der Waals surface area contributed by atoms with E-state index in [0.717, 1.165) is 51.5 Å². The number of aliphatic hydroxyl groups is 1. The molecule has 0 aromatic rings. The molecule has 0 aromatic heterocycles. The van der Waals surface area contributed by atoms with E-state index < -0.39 is 0 Å². The van der Waals surface area contributed by atoms with Crippen molar-refractivity contribution in [1.82, 2.24) is 10.2 Å². The Morgan fingerprint density at radius 3 is 2.57 bits per heavy atom. The lowest BCUT2D eigenvalue weighted by Crippen LogP contribution is -2.60. The van der Waals surface area contributed by atoms with Gasteiger partial charge < -0.3 is 15.3 Å². The molecule has 0 spiro atoms. The molecule has 5 nitrogen and oxygen atoms in total. The van der Waals surface area contributed by atoms with E-state index in [9.17, 15) is 14.7 Å². The molecule has 2 amide bonds. The fourth-order valence-corrected chi connectivity index (χ4v) is 8.48. The molecule has 4 aliphatic carbocycles. The van der Waals surface area contributed by atoms with E-state index in [1.165, 1.54) is 12.8 Å². The van der Waals surface area contributed by atoms with E-state index in [-0.39, 0.29) is 46.6 Å². The zero-order chi connectivity index (χ0) is 21.3. The van der Waals surface area contributed by atoms with Crippen LogP contribution >= 0.6 is 0 Å². The highest BCUT2D eigenvalue weighted by Crippen LogP contribution is 2.65. The van der Waals surface area contributed by atoms with Gasteiger partial charge in [-0.05, 0) is 85.9 Å². The number of hydrogen-bond donors (Lipinski definition) is 2. The first kappa shape index (κ1) is 20.8. The Bertz CT molecular complexity index is 721. The Morgan fingerprint density at radius 1 is 1.10 bits per heavy atom. The molecule has 2 N–H and O–H groups in total. The molecular weight excluding hydrogens is 376 g/mol. The molecular formula is C25H40N2O3. The molecule has 4 unspecified atom stereocenters. The minimum atomic E-state index is -0.330. The molecule has 8 atom stereocenters. The van der Waals surface area contributed by atoms with Crippen LogP contribution in [0.3, 0.4) is 0 Å². The second-order valence-electron chi connectivity index (χ2n) is 11.9. The molecule has 5 rings (SSSR count). The molecule has 0 bridgehead atoms. The van der Waals surface area contributed by atoms with Crippen LogP contribution in [0.25, 0.3) is 0 Å². The highest BCUT2D eigenvalue weighted by molar-refractivity contribution is 5.79. The minimum absolute atomic E-state index is 0.000523. The van der Waals surface area contributed by atoms with Gasteiger partial charge in [0, 0.05) is 32.0 Å². The molecule has 1 heterocycles. The topological polar surface area (TPSA) is 69.6 Å². The van der Waals surface area contributed by atoms with Gasteiger partial charge in [0.25, 0.3) is 0 Å². The molecule has 168 valence electrons. The standard InChI is InChI=1S/C25H40N2O3/c1-24-11-12-27(3)21(29)13-16(24)7-8-17-18-9-10-20(26-23(30)15-5-4-6-15)25(18,2)14-19(28)22(17)24/h15-20,22,28H,4-14H2,1-3H3,(H,26,30)/t16?,17?,18?,19-,20-,22?,24-,25-/m0/s1. The van der Waals surface area contributed by atoms with Crippen molar-refractivity contribution < 1.29 is 14.7 Å². The fraction of sp³-hybridized carbons (Fsp3) is 0.920. The van der Waals surface area contributed by atoms with Crippen LogP contribution in [0.1, 0.15) is 78.1 Å². The molecule has 0 radical (unpaired) electrons. The highest BCUT2D eigenvalue weighted by atomic mass is 16.3. The van der Waals surface area contributed by atoms with Crippen molar-refractivity contribution in [1.29, 1.82) is 0 Å². The monoisotopic (exact) mass is 416 g/mol. The van der Waals surface area contributed by atoms with E-state index in [1.807, 2.05) is 11.9 Å². The lowest BCUT2D eigenvalue weighted by atomic mass is 9.45. The number of hydrogen-bond acceptors (Lipinski definition) is 3. The van der Waals surface area contributed by atoms with Gasteiger partial charge in [0.05, 0.1) is 6.10 Å². The predicted molar refractivity (Wildman–Crippen MR) is 115 cm³/mol. The molecule has 4 saturated carbocycles. The van der Waals surface area contributed by atoms with Crippen molar-refractivity contribution in [3.63, 3.8) is 0 Å². The van der Waals surface area contributed by atoms with Crippen molar-refractivity contribution in [2.45, 2.75) is 90.2 Å². The Labute approximate surface area is 181 Å². The van der Waals surface area contributed by atoms with Gasteiger partial charge in [0.2, 0.25) is 11.8 Å². The molecule has 30 heavy (non-hydrogen) atoms. The van der Waals surface area contributed by atoms with Crippen molar-refractivity contribution in [3.05, 3.63) is 0 Å². The first-order chi connectivity index (χ1) is 14.2. The number of likely N-dealkylation sites (tertiary alicyclic amines) is 1. The highest BCUT2D eigenvalue weighted by Gasteiger charge is 2.63. The maximum absolute atomic E-state index is 12.7. The number of nitrogens with zero attached hydrogens (tertiary/aromatic N) is 1. The average Bonchev–Trinajstić information content (AvgIpc) is 2.90. The van der Waals surface area contributed by atoms with Gasteiger partial charge in [-0.25, -0.2) is 0 Å². The molecule has 1 saturated heterocycles. The summed E-state index contributed by atoms with van der Waals surface area (Å²) < 4.78 is 0. The summed E-state index contributed by atoms with van der Waals surface area (Å²) in [6.07, 6.45) is 9.83. The van der Waals surface area contributed by atoms with Crippen LogP contribution in [0.15, 0.2) is 0 Å². The molecule has 5 aliphatic rings. The average molecular weight is 417 g/mol. The van der Waals surface area contributed by atoms with Crippen LogP contribution in [0.2, 0.25) is 0 Å². The van der Waals surface area contributed by atoms with Crippen LogP contribution in [0.4, 0.5) is 0 Å². The second kappa shape index (κ2) is 7.21. The maximum Gasteiger partial charge on any atom is 0.223 e. The van der Waals surface area contributed by atoms with Crippen molar-refractivity contribution >= 4 is 11.8 Å². The maximum atomic E-state index is 12.7. The zero-order valence-electron chi connectivity index (χ0n) is 19.0. The smallest absolute Gasteiger partial charge is 0.223 e. The summed E-state index contributed by atoms with van der Waals surface area (Å²) in [7, 11) is 1.93. The number of rotatable bonds is 2. The summed E-state index contributed by atoms with van der Waals surface area (Å²) >= 11 is 0. The molecule has 5 fully saturated rings. The van der Waals surface area contributed by atoms with E-state index in [1.54, 1.807) is 0 Å². The second-order valence-corrected chi connectivity index (χ2v) is 11.9. The zero-order valence-corrected chi connectivity index (χ0v) is 19.0. The number of amides is 2. The quantitative estimate of drug-likeness (QED) is 0.725. The summed E-state index contributed by atoms with van der Waals surface area (Å²) in [5, 5.41) is 15.0. The summed E-state index contributed by atoms with van der Waals surface area (Å²) in [6.45, 7) is 5.52. The summed E-state index contributed by atoms with van der Waals surface area (Å²) in [5.41, 5.74) is 0.0396. The minimum Gasteiger partial charge on any atom is -0.393 e. The van der Waals surface area contributed by atoms with E-state index in [0.29, 0.717) is 24.2 Å². The molecule has 1 aliphatic heterocycles. The van der Waals surface area contributed by atoms with Gasteiger partial charge in [-0.2, -0.15) is 0 Å². The third-order valence-electron chi connectivity index (χ3n) is 10.6. The van der Waals surface area contributed by atoms with Crippen LogP contribution in [0.5, 0.6) is 0 Å². The largest absolute Gasteiger partial charge is 0.393 e. The number of aliphatic hydroxyl groups excluding tert-OH is 1. The normalized spacial score (nSPS) is 48.8. The third-order valence-corrected chi connectivity index (χ3v) is 10.6. The number of carbonyl (C=O) groups excluding carboxylic acids is 2. The van der Waals surface area contributed by atoms with Gasteiger partial charge in [0.1, 0.15) is 0 Å². The number of nitrogens with one attached hydrogen (secondary N) is 1.